The average Bonchev–Trinajstić information content (AvgIpc) is 3.29. The van der Waals surface area contributed by atoms with Gasteiger partial charge in [0.1, 0.15) is 0 Å². The summed E-state index contributed by atoms with van der Waals surface area (Å²) in [6.07, 6.45) is 14.3. The molecular formula is C34H67N3O5S+2. The second-order valence-electron chi connectivity index (χ2n) is 16.2. The van der Waals surface area contributed by atoms with Crippen molar-refractivity contribution in [1.29, 1.82) is 0 Å². The zero-order valence-corrected chi connectivity index (χ0v) is 29.0. The first-order chi connectivity index (χ1) is 20.3. The number of fused-ring (bicyclic) bond motifs is 5. The van der Waals surface area contributed by atoms with E-state index in [1.54, 1.807) is 0 Å². The van der Waals surface area contributed by atoms with Crippen molar-refractivity contribution in [2.75, 3.05) is 26.2 Å². The molecule has 0 bridgehead atoms. The Morgan fingerprint density at radius 1 is 0.930 bits per heavy atom. The van der Waals surface area contributed by atoms with Crippen molar-refractivity contribution < 1.29 is 38.6 Å². The fourth-order valence-electron chi connectivity index (χ4n) is 10.9. The maximum absolute atomic E-state index is 11.8. The minimum atomic E-state index is -4.70. The van der Waals surface area contributed by atoms with Gasteiger partial charge in [0.15, 0.2) is 0 Å². The van der Waals surface area contributed by atoms with Crippen LogP contribution in [0.1, 0.15) is 118 Å². The van der Waals surface area contributed by atoms with Gasteiger partial charge >= 0.3 is 0 Å². The van der Waals surface area contributed by atoms with Gasteiger partial charge in [-0.2, -0.15) is 0 Å². The fourth-order valence-corrected chi connectivity index (χ4v) is 11.6. The summed E-state index contributed by atoms with van der Waals surface area (Å²) in [4.78, 5) is 0. The summed E-state index contributed by atoms with van der Waals surface area (Å²) in [6.45, 7) is 16.0. The lowest BCUT2D eigenvalue weighted by Gasteiger charge is -2.62. The molecule has 4 saturated carbocycles. The zero-order valence-electron chi connectivity index (χ0n) is 28.1. The normalized spacial score (nSPS) is 39.2. The molecule has 0 aromatic rings. The molecule has 8 N–H and O–H groups in total. The van der Waals surface area contributed by atoms with E-state index in [4.69, 9.17) is 4.18 Å². The van der Waals surface area contributed by atoms with E-state index in [1.807, 2.05) is 13.8 Å². The van der Waals surface area contributed by atoms with Crippen molar-refractivity contribution in [2.45, 2.75) is 136 Å². The van der Waals surface area contributed by atoms with E-state index in [0.29, 0.717) is 53.4 Å². The molecule has 11 atom stereocenters. The lowest BCUT2D eigenvalue weighted by Crippen LogP contribution is -2.92. The molecule has 0 aliphatic heterocycles. The fraction of sp³-hybridized carbons (Fsp3) is 1.00. The van der Waals surface area contributed by atoms with Crippen molar-refractivity contribution in [1.82, 2.24) is 0 Å². The van der Waals surface area contributed by atoms with Gasteiger partial charge < -0.3 is 26.0 Å². The largest absolute Gasteiger partial charge is 0.726 e. The molecule has 4 rings (SSSR count). The number of quaternary nitrogens is 3. The summed E-state index contributed by atoms with van der Waals surface area (Å²) in [5.74, 6) is 3.23. The Kier molecular flexibility index (Phi) is 12.5. The first-order valence-electron chi connectivity index (χ1n) is 18.1. The molecule has 0 radical (unpaired) electrons. The van der Waals surface area contributed by atoms with E-state index >= 15 is 0 Å². The number of unbranched alkanes of at least 4 members (excludes halogenated alkanes) is 1. The first kappa shape index (κ1) is 35.6. The van der Waals surface area contributed by atoms with Gasteiger partial charge in [-0.3, -0.25) is 4.18 Å². The maximum atomic E-state index is 11.8. The van der Waals surface area contributed by atoms with Gasteiger partial charge in [0.05, 0.1) is 44.4 Å². The highest BCUT2D eigenvalue weighted by Gasteiger charge is 2.63. The van der Waals surface area contributed by atoms with Crippen LogP contribution in [0.5, 0.6) is 0 Å². The van der Waals surface area contributed by atoms with Gasteiger partial charge in [0.25, 0.3) is 0 Å². The summed E-state index contributed by atoms with van der Waals surface area (Å²) < 4.78 is 38.8. The third-order valence-electron chi connectivity index (χ3n) is 13.4. The van der Waals surface area contributed by atoms with Crippen LogP contribution in [0.3, 0.4) is 0 Å². The van der Waals surface area contributed by atoms with Gasteiger partial charge in [0.2, 0.25) is 10.4 Å². The van der Waals surface area contributed by atoms with E-state index in [-0.39, 0.29) is 17.4 Å². The second kappa shape index (κ2) is 15.1. The molecule has 4 unspecified atom stereocenters. The Balaban J connectivity index is 1.32. The Morgan fingerprint density at radius 3 is 2.33 bits per heavy atom. The average molecular weight is 630 g/mol. The summed E-state index contributed by atoms with van der Waals surface area (Å²) in [7, 11) is -4.70. The highest BCUT2D eigenvalue weighted by Crippen LogP contribution is 2.68. The number of rotatable bonds is 16. The summed E-state index contributed by atoms with van der Waals surface area (Å²) in [6, 6.07) is 0.716. The predicted octanol–water partition coefficient (Wildman–Crippen LogP) is 2.44. The highest BCUT2D eigenvalue weighted by molar-refractivity contribution is 7.80. The van der Waals surface area contributed by atoms with Gasteiger partial charge in [-0.1, -0.05) is 34.6 Å². The SMILES string of the molecule is CC(C)[C@@H](CC[C@@H](C)[C@H]1CCC2C3C(CC[C@@]21C)[C@@]1(C)CC[C@H]([NH2+]CCC[NH2+]CCCC[NH3+])CC1C[C@H]3O)OS(=O)(=O)[O-]. The molecule has 0 aromatic carbocycles. The zero-order chi connectivity index (χ0) is 31.4. The molecule has 43 heavy (non-hydrogen) atoms. The van der Waals surface area contributed by atoms with Crippen molar-refractivity contribution >= 4 is 10.4 Å². The Morgan fingerprint density at radius 2 is 1.63 bits per heavy atom. The van der Waals surface area contributed by atoms with Crippen molar-refractivity contribution in [3.63, 3.8) is 0 Å². The molecule has 0 saturated heterocycles. The van der Waals surface area contributed by atoms with Crippen LogP contribution in [0, 0.1) is 52.3 Å². The highest BCUT2D eigenvalue weighted by atomic mass is 32.3. The van der Waals surface area contributed by atoms with Crippen molar-refractivity contribution in [3.8, 4) is 0 Å². The van der Waals surface area contributed by atoms with Crippen LogP contribution in [0.25, 0.3) is 0 Å². The standard InChI is InChI=1S/C34H65N3O5S/c1-23(2)31(42-43(39,40)41)12-9-24(3)27-10-11-28-32-29(14-16-34(27,28)5)33(4)15-13-26(21-25(33)22-30(32)38)37-20-8-19-36-18-7-6-17-35/h23-32,36-38H,6-22,35H2,1-5H3,(H,39,40,41)/p+2/t24-,25?,26+,27-,28?,29?,30-,31-,32?,33+,34-/m1/s1. The first-order valence-corrected chi connectivity index (χ1v) is 19.4. The number of nitrogens with two attached hydrogens (primary N) is 2. The second-order valence-corrected chi connectivity index (χ2v) is 17.2. The van der Waals surface area contributed by atoms with Crippen LogP contribution in [0.15, 0.2) is 0 Å². The molecule has 4 aliphatic carbocycles. The molecule has 0 amide bonds. The molecule has 9 heteroatoms. The summed E-state index contributed by atoms with van der Waals surface area (Å²) >= 11 is 0. The van der Waals surface area contributed by atoms with E-state index in [0.717, 1.165) is 19.4 Å². The molecule has 8 nitrogen and oxygen atoms in total. The van der Waals surface area contributed by atoms with Crippen molar-refractivity contribution in [3.05, 3.63) is 0 Å². The van der Waals surface area contributed by atoms with Gasteiger partial charge in [-0.05, 0) is 110 Å². The number of hydrogen-bond donors (Lipinski definition) is 4. The number of aliphatic hydroxyl groups excluding tert-OH is 1. The lowest BCUT2D eigenvalue weighted by molar-refractivity contribution is -0.705. The van der Waals surface area contributed by atoms with Gasteiger partial charge in [-0.25, -0.2) is 8.42 Å². The van der Waals surface area contributed by atoms with Crippen LogP contribution < -0.4 is 16.4 Å². The molecular weight excluding hydrogens is 562 g/mol. The van der Waals surface area contributed by atoms with E-state index in [9.17, 15) is 18.1 Å². The van der Waals surface area contributed by atoms with Gasteiger partial charge in [0, 0.05) is 25.7 Å². The van der Waals surface area contributed by atoms with E-state index < -0.39 is 16.5 Å². The molecule has 0 spiro atoms. The minimum absolute atomic E-state index is 0.0195. The smallest absolute Gasteiger partial charge is 0.217 e. The molecule has 4 fully saturated rings. The third-order valence-corrected chi connectivity index (χ3v) is 13.9. The van der Waals surface area contributed by atoms with Crippen molar-refractivity contribution in [2.24, 2.45) is 52.3 Å². The third kappa shape index (κ3) is 8.36. The quantitative estimate of drug-likeness (QED) is 0.118. The molecule has 0 aromatic heterocycles. The Hall–Kier alpha value is -0.290. The number of hydrogen-bond acceptors (Lipinski definition) is 5. The topological polar surface area (TPSA) is 148 Å². The number of aliphatic hydroxyl groups is 1. The maximum Gasteiger partial charge on any atom is 0.217 e. The summed E-state index contributed by atoms with van der Waals surface area (Å²) in [5.41, 5.74) is 4.51. The van der Waals surface area contributed by atoms with Crippen LogP contribution in [0.2, 0.25) is 0 Å². The van der Waals surface area contributed by atoms with Gasteiger partial charge in [-0.15, -0.1) is 0 Å². The monoisotopic (exact) mass is 629 g/mol. The molecule has 4 aliphatic rings. The van der Waals surface area contributed by atoms with E-state index in [1.165, 1.54) is 83.8 Å². The minimum Gasteiger partial charge on any atom is -0.726 e. The lowest BCUT2D eigenvalue weighted by atomic mass is 9.43. The Bertz CT molecular complexity index is 981. The van der Waals surface area contributed by atoms with Crippen LogP contribution >= 0.6 is 0 Å². The van der Waals surface area contributed by atoms with Crippen LogP contribution in [0.4, 0.5) is 0 Å². The van der Waals surface area contributed by atoms with E-state index in [2.05, 4.69) is 37.1 Å². The predicted molar refractivity (Wildman–Crippen MR) is 168 cm³/mol. The molecule has 252 valence electrons. The van der Waals surface area contributed by atoms with Crippen LogP contribution in [-0.4, -0.2) is 62.5 Å². The molecule has 0 heterocycles. The Labute approximate surface area is 263 Å². The van der Waals surface area contributed by atoms with Crippen LogP contribution in [-0.2, 0) is 14.6 Å². The summed E-state index contributed by atoms with van der Waals surface area (Å²) in [5, 5.41) is 16.9.